The van der Waals surface area contributed by atoms with E-state index >= 15 is 0 Å². The zero-order valence-electron chi connectivity index (χ0n) is 29.2. The Morgan fingerprint density at radius 1 is 0.400 bits per heavy atom. The van der Waals surface area contributed by atoms with E-state index in [1.807, 2.05) is 0 Å². The molecule has 0 amide bonds. The molecule has 0 fully saturated rings. The number of hydrogen-bond donors (Lipinski definition) is 0. The van der Waals surface area contributed by atoms with E-state index in [0.717, 1.165) is 5.69 Å². The highest BCUT2D eigenvalue weighted by Gasteiger charge is 2.16. The van der Waals surface area contributed by atoms with Crippen LogP contribution in [-0.2, 0) is 0 Å². The van der Waals surface area contributed by atoms with Gasteiger partial charge >= 0.3 is 0 Å². The monoisotopic (exact) mass is 643 g/mol. The van der Waals surface area contributed by atoms with E-state index < -0.39 is 0 Å². The number of hydrogen-bond acceptors (Lipinski definition) is 1. The second kappa shape index (κ2) is 13.2. The molecule has 8 rings (SSSR count). The molecule has 1 nitrogen and oxygen atoms in total. The predicted octanol–water partition coefficient (Wildman–Crippen LogP) is 14.2. The molecule has 0 aliphatic heterocycles. The van der Waals surface area contributed by atoms with E-state index in [4.69, 9.17) is 0 Å². The van der Waals surface area contributed by atoms with Gasteiger partial charge < -0.3 is 4.90 Å². The molecule has 8 aromatic rings. The van der Waals surface area contributed by atoms with Gasteiger partial charge in [-0.1, -0.05) is 135 Å². The van der Waals surface area contributed by atoms with Crippen LogP contribution in [0.2, 0.25) is 0 Å². The van der Waals surface area contributed by atoms with Gasteiger partial charge in [-0.25, -0.2) is 0 Å². The third-order valence-electron chi connectivity index (χ3n) is 9.99. The van der Waals surface area contributed by atoms with Gasteiger partial charge in [0, 0.05) is 17.1 Å². The van der Waals surface area contributed by atoms with E-state index in [-0.39, 0.29) is 0 Å². The fraction of sp³-hybridized carbons (Fsp3) is 0.102. The Hall–Kier alpha value is -5.92. The summed E-state index contributed by atoms with van der Waals surface area (Å²) in [5.74, 6) is 0.498. The number of anilines is 3. The van der Waals surface area contributed by atoms with Gasteiger partial charge in [-0.15, -0.1) is 0 Å². The summed E-state index contributed by atoms with van der Waals surface area (Å²) in [7, 11) is 0. The minimum atomic E-state index is 0.498. The van der Waals surface area contributed by atoms with Gasteiger partial charge in [-0.2, -0.15) is 0 Å². The summed E-state index contributed by atoms with van der Waals surface area (Å²) in [6.07, 6.45) is 0. The number of fused-ring (bicyclic) bond motifs is 2. The van der Waals surface area contributed by atoms with Crippen molar-refractivity contribution in [2.75, 3.05) is 4.90 Å². The Kier molecular flexibility index (Phi) is 8.26. The largest absolute Gasteiger partial charge is 0.310 e. The van der Waals surface area contributed by atoms with E-state index in [9.17, 15) is 0 Å². The zero-order valence-corrected chi connectivity index (χ0v) is 29.2. The molecule has 0 saturated carbocycles. The fourth-order valence-electron chi connectivity index (χ4n) is 7.24. The molecular formula is C49H41N. The minimum absolute atomic E-state index is 0.498. The summed E-state index contributed by atoms with van der Waals surface area (Å²) >= 11 is 0. The summed E-state index contributed by atoms with van der Waals surface area (Å²) in [6.45, 7) is 8.85. The van der Waals surface area contributed by atoms with Crippen molar-refractivity contribution in [3.8, 4) is 33.4 Å². The first-order chi connectivity index (χ1) is 24.4. The van der Waals surface area contributed by atoms with Crippen LogP contribution < -0.4 is 4.90 Å². The van der Waals surface area contributed by atoms with Crippen molar-refractivity contribution >= 4 is 38.6 Å². The topological polar surface area (TPSA) is 3.24 Å². The van der Waals surface area contributed by atoms with Crippen LogP contribution in [0.5, 0.6) is 0 Å². The summed E-state index contributed by atoms with van der Waals surface area (Å²) in [4.78, 5) is 2.38. The Labute approximate surface area is 296 Å². The lowest BCUT2D eigenvalue weighted by Gasteiger charge is -2.28. The number of nitrogens with zero attached hydrogens (tertiary/aromatic N) is 1. The number of rotatable bonds is 7. The molecular weight excluding hydrogens is 603 g/mol. The molecule has 0 radical (unpaired) electrons. The average molecular weight is 644 g/mol. The van der Waals surface area contributed by atoms with Crippen molar-refractivity contribution < 1.29 is 0 Å². The molecule has 0 N–H and O–H groups in total. The third kappa shape index (κ3) is 6.08. The van der Waals surface area contributed by atoms with Gasteiger partial charge in [-0.05, 0) is 140 Å². The van der Waals surface area contributed by atoms with Crippen molar-refractivity contribution in [1.29, 1.82) is 0 Å². The third-order valence-corrected chi connectivity index (χ3v) is 9.99. The van der Waals surface area contributed by atoms with Crippen molar-refractivity contribution in [2.45, 2.75) is 33.6 Å². The van der Waals surface area contributed by atoms with Gasteiger partial charge in [0.05, 0.1) is 0 Å². The molecule has 0 unspecified atom stereocenters. The molecule has 1 heteroatoms. The van der Waals surface area contributed by atoms with Gasteiger partial charge in [0.1, 0.15) is 0 Å². The second-order valence-corrected chi connectivity index (χ2v) is 13.8. The molecule has 8 aromatic carbocycles. The van der Waals surface area contributed by atoms with Gasteiger partial charge in [-0.3, -0.25) is 0 Å². The van der Waals surface area contributed by atoms with Crippen LogP contribution in [0.15, 0.2) is 170 Å². The Bertz CT molecular complexity index is 2450. The first-order valence-electron chi connectivity index (χ1n) is 17.6. The van der Waals surface area contributed by atoms with Crippen LogP contribution in [0.3, 0.4) is 0 Å². The lowest BCUT2D eigenvalue weighted by Crippen LogP contribution is -2.11. The Morgan fingerprint density at radius 3 is 1.56 bits per heavy atom. The summed E-state index contributed by atoms with van der Waals surface area (Å²) in [5.41, 5.74) is 14.8. The standard InChI is InChI=1S/C49H41N/c1-33(2)36-19-23-45(24-20-36)50(49-27-14-34(3)28-35(49)4)46-25-21-37(22-26-46)39-15-16-40-31-44-32-42(18-17-41(44)30-43(40)29-39)48-13-9-8-12-47(48)38-10-6-5-7-11-38/h5-33H,1-4H3. The molecule has 0 aliphatic carbocycles. The van der Waals surface area contributed by atoms with Crippen LogP contribution in [0.1, 0.15) is 36.5 Å². The van der Waals surface area contributed by atoms with E-state index in [1.165, 1.54) is 83.0 Å². The highest BCUT2D eigenvalue weighted by atomic mass is 15.1. The van der Waals surface area contributed by atoms with Crippen LogP contribution in [0.4, 0.5) is 17.1 Å². The quantitative estimate of drug-likeness (QED) is 0.156. The maximum Gasteiger partial charge on any atom is 0.0490 e. The molecule has 0 spiro atoms. The van der Waals surface area contributed by atoms with Gasteiger partial charge in [0.15, 0.2) is 0 Å². The van der Waals surface area contributed by atoms with Crippen molar-refractivity contribution in [3.05, 3.63) is 187 Å². The highest BCUT2D eigenvalue weighted by molar-refractivity contribution is 6.01. The minimum Gasteiger partial charge on any atom is -0.310 e. The maximum atomic E-state index is 2.38. The molecule has 242 valence electrons. The van der Waals surface area contributed by atoms with Crippen LogP contribution in [-0.4, -0.2) is 0 Å². The average Bonchev–Trinajstić information content (AvgIpc) is 3.15. The summed E-state index contributed by atoms with van der Waals surface area (Å²) < 4.78 is 0. The second-order valence-electron chi connectivity index (χ2n) is 13.8. The van der Waals surface area contributed by atoms with Gasteiger partial charge in [0.2, 0.25) is 0 Å². The molecule has 0 saturated heterocycles. The van der Waals surface area contributed by atoms with Crippen molar-refractivity contribution in [1.82, 2.24) is 0 Å². The van der Waals surface area contributed by atoms with E-state index in [0.29, 0.717) is 5.92 Å². The normalized spacial score (nSPS) is 11.4. The molecule has 0 aromatic heterocycles. The SMILES string of the molecule is Cc1ccc(N(c2ccc(-c3ccc4cc5cc(-c6ccccc6-c6ccccc6)ccc5cc4c3)cc2)c2ccc(C(C)C)cc2)c(C)c1. The lowest BCUT2D eigenvalue weighted by atomic mass is 9.92. The molecule has 0 atom stereocenters. The van der Waals surface area contributed by atoms with Gasteiger partial charge in [0.25, 0.3) is 0 Å². The van der Waals surface area contributed by atoms with E-state index in [1.54, 1.807) is 0 Å². The number of benzene rings is 8. The smallest absolute Gasteiger partial charge is 0.0490 e. The lowest BCUT2D eigenvalue weighted by molar-refractivity contribution is 0.866. The van der Waals surface area contributed by atoms with Crippen LogP contribution >= 0.6 is 0 Å². The Balaban J connectivity index is 1.12. The molecule has 50 heavy (non-hydrogen) atoms. The van der Waals surface area contributed by atoms with E-state index in [2.05, 4.69) is 202 Å². The molecule has 0 heterocycles. The zero-order chi connectivity index (χ0) is 34.2. The number of aryl methyl sites for hydroxylation is 2. The predicted molar refractivity (Wildman–Crippen MR) is 216 cm³/mol. The first kappa shape index (κ1) is 31.4. The van der Waals surface area contributed by atoms with Crippen LogP contribution in [0.25, 0.3) is 54.9 Å². The molecule has 0 bridgehead atoms. The van der Waals surface area contributed by atoms with Crippen molar-refractivity contribution in [3.63, 3.8) is 0 Å². The Morgan fingerprint density at radius 2 is 0.940 bits per heavy atom. The van der Waals surface area contributed by atoms with Crippen molar-refractivity contribution in [2.24, 2.45) is 0 Å². The maximum absolute atomic E-state index is 2.38. The van der Waals surface area contributed by atoms with Crippen LogP contribution in [0, 0.1) is 13.8 Å². The molecule has 0 aliphatic rings. The highest BCUT2D eigenvalue weighted by Crippen LogP contribution is 2.39. The first-order valence-corrected chi connectivity index (χ1v) is 17.6. The summed E-state index contributed by atoms with van der Waals surface area (Å²) in [6, 6.07) is 62.5. The summed E-state index contributed by atoms with van der Waals surface area (Å²) in [5, 5.41) is 5.00. The fourth-order valence-corrected chi connectivity index (χ4v) is 7.24.